The van der Waals surface area contributed by atoms with E-state index in [9.17, 15) is 9.90 Å². The largest absolute Gasteiger partial charge is 0.493 e. The number of carbonyl (C=O) groups excluding carboxylic acids is 1. The molecular weight excluding hydrogens is 292 g/mol. The molecule has 2 heterocycles. The highest BCUT2D eigenvalue weighted by atomic mass is 35.5. The van der Waals surface area contributed by atoms with Gasteiger partial charge in [0.1, 0.15) is 5.75 Å². The quantitative estimate of drug-likeness (QED) is 0.877. The van der Waals surface area contributed by atoms with Crippen LogP contribution in [0.3, 0.4) is 0 Å². The summed E-state index contributed by atoms with van der Waals surface area (Å²) < 4.78 is 5.62. The highest BCUT2D eigenvalue weighted by molar-refractivity contribution is 6.30. The average Bonchev–Trinajstić information content (AvgIpc) is 2.92. The number of amides is 2. The Morgan fingerprint density at radius 1 is 1.52 bits per heavy atom. The van der Waals surface area contributed by atoms with E-state index >= 15 is 0 Å². The van der Waals surface area contributed by atoms with Crippen molar-refractivity contribution in [1.82, 2.24) is 10.2 Å². The fourth-order valence-electron chi connectivity index (χ4n) is 2.90. The third-order valence-electron chi connectivity index (χ3n) is 3.94. The van der Waals surface area contributed by atoms with Crippen LogP contribution in [-0.2, 0) is 13.0 Å². The first kappa shape index (κ1) is 14.5. The van der Waals surface area contributed by atoms with Crippen molar-refractivity contribution in [1.29, 1.82) is 0 Å². The van der Waals surface area contributed by atoms with Gasteiger partial charge in [-0.2, -0.15) is 0 Å². The number of carbonyl (C=O) groups is 1. The van der Waals surface area contributed by atoms with E-state index in [1.54, 1.807) is 4.90 Å². The summed E-state index contributed by atoms with van der Waals surface area (Å²) in [6, 6.07) is 3.59. The molecule has 3 rings (SSSR count). The second kappa shape index (κ2) is 6.12. The van der Waals surface area contributed by atoms with Crippen LogP contribution in [0, 0.1) is 0 Å². The molecule has 1 aromatic carbocycles. The number of aliphatic hydroxyl groups is 1. The minimum Gasteiger partial charge on any atom is -0.493 e. The van der Waals surface area contributed by atoms with Crippen molar-refractivity contribution in [3.05, 3.63) is 28.3 Å². The molecule has 0 bridgehead atoms. The predicted octanol–water partition coefficient (Wildman–Crippen LogP) is 1.94. The number of nitrogens with zero attached hydrogens (tertiary/aromatic N) is 1. The van der Waals surface area contributed by atoms with Gasteiger partial charge >= 0.3 is 6.03 Å². The lowest BCUT2D eigenvalue weighted by Crippen LogP contribution is -2.46. The van der Waals surface area contributed by atoms with Crippen LogP contribution >= 0.6 is 11.6 Å². The molecule has 0 spiro atoms. The van der Waals surface area contributed by atoms with E-state index in [4.69, 9.17) is 16.3 Å². The summed E-state index contributed by atoms with van der Waals surface area (Å²) in [5.74, 6) is 0.846. The lowest BCUT2D eigenvalue weighted by atomic mass is 10.1. The summed E-state index contributed by atoms with van der Waals surface area (Å²) in [5, 5.41) is 13.2. The van der Waals surface area contributed by atoms with Crippen molar-refractivity contribution < 1.29 is 14.6 Å². The van der Waals surface area contributed by atoms with Crippen LogP contribution in [0.2, 0.25) is 5.02 Å². The van der Waals surface area contributed by atoms with E-state index in [-0.39, 0.29) is 6.03 Å². The second-order valence-electron chi connectivity index (χ2n) is 5.55. The zero-order valence-corrected chi connectivity index (χ0v) is 12.5. The van der Waals surface area contributed by atoms with Gasteiger partial charge in [-0.05, 0) is 30.5 Å². The fourth-order valence-corrected chi connectivity index (χ4v) is 3.16. The Bertz CT molecular complexity index is 550. The average molecular weight is 311 g/mol. The van der Waals surface area contributed by atoms with Gasteiger partial charge < -0.3 is 20.1 Å². The van der Waals surface area contributed by atoms with Crippen LogP contribution in [0.1, 0.15) is 24.0 Å². The Balaban J connectivity index is 1.64. The molecule has 1 saturated heterocycles. The van der Waals surface area contributed by atoms with Gasteiger partial charge in [0.05, 0.1) is 12.7 Å². The van der Waals surface area contributed by atoms with E-state index in [0.717, 1.165) is 36.1 Å². The number of halogens is 1. The molecule has 0 aromatic heterocycles. The molecule has 1 fully saturated rings. The summed E-state index contributed by atoms with van der Waals surface area (Å²) in [4.78, 5) is 13.8. The molecule has 2 amide bonds. The fraction of sp³-hybridized carbons (Fsp3) is 0.533. The third-order valence-corrected chi connectivity index (χ3v) is 4.16. The molecule has 0 unspecified atom stereocenters. The number of nitrogens with one attached hydrogen (secondary N) is 1. The maximum absolute atomic E-state index is 12.1. The summed E-state index contributed by atoms with van der Waals surface area (Å²) in [6.45, 7) is 2.13. The van der Waals surface area contributed by atoms with Gasteiger partial charge in [-0.25, -0.2) is 4.79 Å². The van der Waals surface area contributed by atoms with E-state index in [2.05, 4.69) is 5.32 Å². The number of rotatable bonds is 2. The van der Waals surface area contributed by atoms with Gasteiger partial charge in [0.25, 0.3) is 0 Å². The summed E-state index contributed by atoms with van der Waals surface area (Å²) in [7, 11) is 0. The lowest BCUT2D eigenvalue weighted by Gasteiger charge is -2.30. The monoisotopic (exact) mass is 310 g/mol. The van der Waals surface area contributed by atoms with Gasteiger partial charge in [-0.15, -0.1) is 0 Å². The topological polar surface area (TPSA) is 61.8 Å². The first-order valence-electron chi connectivity index (χ1n) is 7.28. The molecule has 114 valence electrons. The minimum absolute atomic E-state index is 0.152. The first-order chi connectivity index (χ1) is 10.1. The normalized spacial score (nSPS) is 20.9. The first-order valence-corrected chi connectivity index (χ1v) is 7.66. The molecule has 2 aliphatic heterocycles. The molecule has 2 N–H and O–H groups in total. The number of benzene rings is 1. The molecule has 2 aliphatic rings. The van der Waals surface area contributed by atoms with Crippen molar-refractivity contribution >= 4 is 17.6 Å². The molecule has 0 saturated carbocycles. The van der Waals surface area contributed by atoms with Crippen LogP contribution in [0.5, 0.6) is 5.75 Å². The van der Waals surface area contributed by atoms with Crippen molar-refractivity contribution in [2.24, 2.45) is 0 Å². The SMILES string of the molecule is O=C(NCc1cc(Cl)cc2c1OCC2)N1CCC[C@H](O)C1. The van der Waals surface area contributed by atoms with E-state index in [1.807, 2.05) is 12.1 Å². The van der Waals surface area contributed by atoms with Crippen LogP contribution in [0.25, 0.3) is 0 Å². The van der Waals surface area contributed by atoms with E-state index < -0.39 is 6.10 Å². The van der Waals surface area contributed by atoms with Crippen LogP contribution in [0.15, 0.2) is 12.1 Å². The number of hydrogen-bond acceptors (Lipinski definition) is 3. The van der Waals surface area contributed by atoms with Gasteiger partial charge in [0.2, 0.25) is 0 Å². The highest BCUT2D eigenvalue weighted by Gasteiger charge is 2.23. The number of fused-ring (bicyclic) bond motifs is 1. The van der Waals surface area contributed by atoms with E-state index in [1.165, 1.54) is 0 Å². The van der Waals surface area contributed by atoms with Crippen molar-refractivity contribution in [3.8, 4) is 5.75 Å². The van der Waals surface area contributed by atoms with Gasteiger partial charge in [0.15, 0.2) is 0 Å². The lowest BCUT2D eigenvalue weighted by molar-refractivity contribution is 0.0841. The summed E-state index contributed by atoms with van der Waals surface area (Å²) in [6.07, 6.45) is 2.04. The smallest absolute Gasteiger partial charge is 0.317 e. The van der Waals surface area contributed by atoms with Crippen LogP contribution in [-0.4, -0.2) is 41.8 Å². The van der Waals surface area contributed by atoms with Crippen LogP contribution in [0.4, 0.5) is 4.79 Å². The van der Waals surface area contributed by atoms with E-state index in [0.29, 0.717) is 31.3 Å². The maximum atomic E-state index is 12.1. The molecule has 5 nitrogen and oxygen atoms in total. The summed E-state index contributed by atoms with van der Waals surface area (Å²) >= 11 is 6.10. The number of likely N-dealkylation sites (tertiary alicyclic amines) is 1. The molecule has 1 aromatic rings. The predicted molar refractivity (Wildman–Crippen MR) is 79.7 cm³/mol. The standard InChI is InChI=1S/C15H19ClN2O3/c16-12-6-10-3-5-21-14(10)11(7-12)8-17-15(20)18-4-1-2-13(19)9-18/h6-7,13,19H,1-5,8-9H2,(H,17,20)/t13-/m0/s1. The zero-order chi connectivity index (χ0) is 14.8. The number of aliphatic hydroxyl groups excluding tert-OH is 1. The van der Waals surface area contributed by atoms with Gasteiger partial charge in [-0.3, -0.25) is 0 Å². The van der Waals surface area contributed by atoms with Crippen LogP contribution < -0.4 is 10.1 Å². The number of hydrogen-bond donors (Lipinski definition) is 2. The van der Waals surface area contributed by atoms with Crippen molar-refractivity contribution in [2.75, 3.05) is 19.7 Å². The maximum Gasteiger partial charge on any atom is 0.317 e. The molecule has 0 radical (unpaired) electrons. The zero-order valence-electron chi connectivity index (χ0n) is 11.8. The molecule has 21 heavy (non-hydrogen) atoms. The Morgan fingerprint density at radius 2 is 2.38 bits per heavy atom. The Hall–Kier alpha value is -1.46. The highest BCUT2D eigenvalue weighted by Crippen LogP contribution is 2.32. The summed E-state index contributed by atoms with van der Waals surface area (Å²) in [5.41, 5.74) is 2.00. The molecule has 1 atom stereocenters. The van der Waals surface area contributed by atoms with Crippen molar-refractivity contribution in [2.45, 2.75) is 31.9 Å². The Kier molecular flexibility index (Phi) is 4.22. The van der Waals surface area contributed by atoms with Gasteiger partial charge in [0, 0.05) is 36.6 Å². The third kappa shape index (κ3) is 3.24. The molecule has 0 aliphatic carbocycles. The number of ether oxygens (including phenoxy) is 1. The Labute approximate surface area is 128 Å². The molecule has 6 heteroatoms. The second-order valence-corrected chi connectivity index (χ2v) is 5.99. The number of β-amino-alcohol motifs (C(OH)–C–C–N with tert-alkyl or cyclic N) is 1. The van der Waals surface area contributed by atoms with Gasteiger partial charge in [-0.1, -0.05) is 11.6 Å². The number of urea groups is 1. The molecular formula is C15H19ClN2O3. The Morgan fingerprint density at radius 3 is 3.19 bits per heavy atom. The minimum atomic E-state index is -0.414. The van der Waals surface area contributed by atoms with Crippen molar-refractivity contribution in [3.63, 3.8) is 0 Å². The number of piperidine rings is 1.